The van der Waals surface area contributed by atoms with Crippen LogP contribution in [-0.2, 0) is 13.6 Å². The molecule has 0 radical (unpaired) electrons. The second-order valence-electron chi connectivity index (χ2n) is 9.28. The van der Waals surface area contributed by atoms with Crippen molar-refractivity contribution in [2.24, 2.45) is 7.05 Å². The van der Waals surface area contributed by atoms with Gasteiger partial charge in [-0.1, -0.05) is 23.5 Å². The molecule has 34 heavy (non-hydrogen) atoms. The molecule has 1 amide bonds. The van der Waals surface area contributed by atoms with E-state index in [1.807, 2.05) is 31.3 Å². The first-order valence-corrected chi connectivity index (χ1v) is 12.7. The summed E-state index contributed by atoms with van der Waals surface area (Å²) in [6.07, 6.45) is 6.09. The molecule has 2 saturated carbocycles. The molecular formula is C25H25N7OS. The van der Waals surface area contributed by atoms with Crippen LogP contribution in [0.5, 0.6) is 0 Å². The average molecular weight is 472 g/mol. The van der Waals surface area contributed by atoms with Gasteiger partial charge in [0, 0.05) is 31.1 Å². The zero-order chi connectivity index (χ0) is 23.0. The number of benzene rings is 1. The maximum absolute atomic E-state index is 13.8. The van der Waals surface area contributed by atoms with E-state index in [9.17, 15) is 4.79 Å². The van der Waals surface area contributed by atoms with Gasteiger partial charge in [0.2, 0.25) is 0 Å². The van der Waals surface area contributed by atoms with Gasteiger partial charge < -0.3 is 19.4 Å². The van der Waals surface area contributed by atoms with Gasteiger partial charge in [-0.25, -0.2) is 15.0 Å². The van der Waals surface area contributed by atoms with E-state index in [2.05, 4.69) is 42.3 Å². The van der Waals surface area contributed by atoms with Crippen molar-refractivity contribution in [2.75, 3.05) is 5.32 Å². The number of aromatic nitrogens is 5. The SMILES string of the molecule is CCn1c(C(=O)N(C2CC2)C2CC2)cc2c3ncnc-3c(Nc3nc4ccccc4s3)n(C)c21. The predicted molar refractivity (Wildman–Crippen MR) is 134 cm³/mol. The number of carbonyl (C=O) groups excluding carboxylic acids is 1. The molecule has 0 saturated heterocycles. The maximum atomic E-state index is 13.8. The molecule has 2 aliphatic carbocycles. The molecule has 172 valence electrons. The second kappa shape index (κ2) is 7.27. The normalized spacial score (nSPS) is 16.1. The van der Waals surface area contributed by atoms with E-state index in [4.69, 9.17) is 4.98 Å². The number of rotatable bonds is 6. The first kappa shape index (κ1) is 20.0. The lowest BCUT2D eigenvalue weighted by Gasteiger charge is -2.23. The number of imidazole rings is 1. The minimum absolute atomic E-state index is 0.149. The number of anilines is 2. The Labute approximate surface area is 200 Å². The Morgan fingerprint density at radius 3 is 2.59 bits per heavy atom. The number of aryl methyl sites for hydroxylation is 2. The molecule has 3 aromatic rings. The molecule has 9 heteroatoms. The fourth-order valence-corrected chi connectivity index (χ4v) is 5.98. The van der Waals surface area contributed by atoms with Crippen LogP contribution < -0.4 is 5.32 Å². The highest BCUT2D eigenvalue weighted by Gasteiger charge is 2.43. The van der Waals surface area contributed by atoms with E-state index in [0.717, 1.165) is 75.0 Å². The van der Waals surface area contributed by atoms with Crippen LogP contribution in [-0.4, -0.2) is 47.0 Å². The molecule has 2 fully saturated rings. The summed E-state index contributed by atoms with van der Waals surface area (Å²) in [5.74, 6) is 0.975. The summed E-state index contributed by atoms with van der Waals surface area (Å²) in [5, 5.41) is 5.28. The Morgan fingerprint density at radius 2 is 1.88 bits per heavy atom. The zero-order valence-corrected chi connectivity index (χ0v) is 20.0. The van der Waals surface area contributed by atoms with Gasteiger partial charge in [-0.3, -0.25) is 4.79 Å². The van der Waals surface area contributed by atoms with Crippen molar-refractivity contribution in [3.05, 3.63) is 42.4 Å². The first-order valence-electron chi connectivity index (χ1n) is 11.9. The van der Waals surface area contributed by atoms with Crippen LogP contribution in [0.4, 0.5) is 10.9 Å². The molecule has 2 aliphatic heterocycles. The summed E-state index contributed by atoms with van der Waals surface area (Å²) in [5.41, 5.74) is 4.26. The molecule has 1 N–H and O–H groups in total. The fraction of sp³-hybridized carbons (Fsp3) is 0.360. The third-order valence-electron chi connectivity index (χ3n) is 6.97. The first-order chi connectivity index (χ1) is 16.6. The Balaban J connectivity index is 1.39. The van der Waals surface area contributed by atoms with Gasteiger partial charge in [0.05, 0.1) is 10.2 Å². The topological polar surface area (TPSA) is 80.9 Å². The number of para-hydroxylation sites is 1. The van der Waals surface area contributed by atoms with E-state index < -0.39 is 0 Å². The number of amides is 1. The highest BCUT2D eigenvalue weighted by atomic mass is 32.1. The van der Waals surface area contributed by atoms with Crippen LogP contribution in [0.25, 0.3) is 32.6 Å². The minimum atomic E-state index is 0.149. The molecule has 0 unspecified atom stereocenters. The van der Waals surface area contributed by atoms with Crippen LogP contribution in [0.15, 0.2) is 36.7 Å². The van der Waals surface area contributed by atoms with Crippen molar-refractivity contribution in [1.29, 1.82) is 0 Å². The quantitative estimate of drug-likeness (QED) is 0.376. The Morgan fingerprint density at radius 1 is 1.15 bits per heavy atom. The fourth-order valence-electron chi connectivity index (χ4n) is 5.11. The van der Waals surface area contributed by atoms with Crippen LogP contribution in [0, 0.1) is 0 Å². The van der Waals surface area contributed by atoms with Crippen LogP contribution in [0.2, 0.25) is 0 Å². The van der Waals surface area contributed by atoms with Gasteiger partial charge in [-0.15, -0.1) is 0 Å². The van der Waals surface area contributed by atoms with Crippen LogP contribution >= 0.6 is 11.3 Å². The van der Waals surface area contributed by atoms with Crippen molar-refractivity contribution in [3.63, 3.8) is 0 Å². The summed E-state index contributed by atoms with van der Waals surface area (Å²) >= 11 is 1.61. The Kier molecular flexibility index (Phi) is 4.27. The van der Waals surface area contributed by atoms with E-state index in [1.165, 1.54) is 0 Å². The zero-order valence-electron chi connectivity index (χ0n) is 19.2. The number of fused-ring (bicyclic) bond motifs is 4. The molecule has 4 heterocycles. The molecule has 4 aliphatic rings. The molecule has 8 nitrogen and oxygen atoms in total. The Bertz CT molecular complexity index is 1490. The number of hydrogen-bond donors (Lipinski definition) is 1. The van der Waals surface area contributed by atoms with Crippen molar-refractivity contribution >= 4 is 49.4 Å². The number of nitrogens with one attached hydrogen (secondary N) is 1. The summed E-state index contributed by atoms with van der Waals surface area (Å²) in [6, 6.07) is 11.0. The molecule has 0 spiro atoms. The summed E-state index contributed by atoms with van der Waals surface area (Å²) in [7, 11) is 2.02. The average Bonchev–Trinajstić information content (AvgIpc) is 3.72. The largest absolute Gasteiger partial charge is 0.331 e. The highest BCUT2D eigenvalue weighted by molar-refractivity contribution is 7.22. The van der Waals surface area contributed by atoms with Gasteiger partial charge in [0.25, 0.3) is 5.91 Å². The van der Waals surface area contributed by atoms with Gasteiger partial charge in [0.15, 0.2) is 5.13 Å². The summed E-state index contributed by atoms with van der Waals surface area (Å²) in [6.45, 7) is 2.79. The lowest BCUT2D eigenvalue weighted by Crippen LogP contribution is -2.36. The third kappa shape index (κ3) is 2.96. The molecule has 0 bridgehead atoms. The highest BCUT2D eigenvalue weighted by Crippen LogP contribution is 2.41. The van der Waals surface area contributed by atoms with E-state index in [-0.39, 0.29) is 5.91 Å². The van der Waals surface area contributed by atoms with Crippen molar-refractivity contribution in [3.8, 4) is 11.4 Å². The number of carbonyl (C=O) groups is 1. The molecule has 2 aromatic heterocycles. The number of pyridine rings is 1. The third-order valence-corrected chi connectivity index (χ3v) is 7.92. The van der Waals surface area contributed by atoms with E-state index >= 15 is 0 Å². The van der Waals surface area contributed by atoms with Gasteiger partial charge >= 0.3 is 0 Å². The lowest BCUT2D eigenvalue weighted by molar-refractivity contribution is 0.0719. The van der Waals surface area contributed by atoms with Crippen molar-refractivity contribution < 1.29 is 4.79 Å². The summed E-state index contributed by atoms with van der Waals surface area (Å²) in [4.78, 5) is 29.8. The van der Waals surface area contributed by atoms with Gasteiger partial charge in [-0.2, -0.15) is 0 Å². The molecule has 1 aromatic carbocycles. The second-order valence-corrected chi connectivity index (χ2v) is 10.3. The molecule has 0 atom stereocenters. The van der Waals surface area contributed by atoms with Crippen LogP contribution in [0.3, 0.4) is 0 Å². The number of nitrogens with zero attached hydrogens (tertiary/aromatic N) is 6. The van der Waals surface area contributed by atoms with Crippen molar-refractivity contribution in [2.45, 2.75) is 51.2 Å². The molecular weight excluding hydrogens is 446 g/mol. The van der Waals surface area contributed by atoms with Gasteiger partial charge in [-0.05, 0) is 50.8 Å². The minimum Gasteiger partial charge on any atom is -0.331 e. The van der Waals surface area contributed by atoms with Crippen LogP contribution in [0.1, 0.15) is 43.1 Å². The predicted octanol–water partition coefficient (Wildman–Crippen LogP) is 5.01. The van der Waals surface area contributed by atoms with E-state index in [1.54, 1.807) is 17.7 Å². The maximum Gasteiger partial charge on any atom is 0.271 e. The molecule has 7 rings (SSSR count). The Hall–Kier alpha value is -3.46. The monoisotopic (exact) mass is 471 g/mol. The standard InChI is InChI=1S/C25H25N7OS/c1-3-31-18(24(33)32(14-8-9-14)15-10-11-15)12-16-20-21(27-13-26-20)22(30(2)23(16)31)29-25-28-17-6-4-5-7-19(17)34-25/h4-7,12-15H,3,8-11H2,1-2H3,(H,28,29). The lowest BCUT2D eigenvalue weighted by atomic mass is 10.2. The smallest absolute Gasteiger partial charge is 0.271 e. The van der Waals surface area contributed by atoms with Crippen molar-refractivity contribution in [1.82, 2.24) is 29.0 Å². The summed E-state index contributed by atoms with van der Waals surface area (Å²) < 4.78 is 5.35. The van der Waals surface area contributed by atoms with Gasteiger partial charge in [0.1, 0.15) is 34.9 Å². The number of hydrogen-bond acceptors (Lipinski definition) is 6. The number of thiazole rings is 1. The van der Waals surface area contributed by atoms with E-state index in [0.29, 0.717) is 18.6 Å².